The number of hydrogen-bond donors (Lipinski definition) is 0. The number of esters is 1. The quantitative estimate of drug-likeness (QED) is 0.549. The third-order valence-electron chi connectivity index (χ3n) is 3.18. The molecule has 0 N–H and O–H groups in total. The van der Waals surface area contributed by atoms with Crippen LogP contribution >= 0.6 is 15.9 Å². The van der Waals surface area contributed by atoms with E-state index in [0.29, 0.717) is 17.9 Å². The molecular formula is C18H19BrO3. The van der Waals surface area contributed by atoms with Crippen molar-refractivity contribution in [3.63, 3.8) is 0 Å². The van der Waals surface area contributed by atoms with Gasteiger partial charge in [0.15, 0.2) is 0 Å². The van der Waals surface area contributed by atoms with Crippen LogP contribution in [0, 0.1) is 13.8 Å². The molecule has 22 heavy (non-hydrogen) atoms. The van der Waals surface area contributed by atoms with Crippen LogP contribution in [0.15, 0.2) is 40.9 Å². The van der Waals surface area contributed by atoms with Crippen molar-refractivity contribution in [3.05, 3.63) is 57.6 Å². The van der Waals surface area contributed by atoms with Crippen LogP contribution in [-0.2, 0) is 0 Å². The topological polar surface area (TPSA) is 35.5 Å². The number of ether oxygens (including phenoxy) is 2. The fraction of sp³-hybridized carbons (Fsp3) is 0.278. The summed E-state index contributed by atoms with van der Waals surface area (Å²) in [4.78, 5) is 12.3. The number of rotatable bonds is 5. The number of hydrogen-bond acceptors (Lipinski definition) is 3. The van der Waals surface area contributed by atoms with Crippen LogP contribution < -0.4 is 9.47 Å². The monoisotopic (exact) mass is 362 g/mol. The highest BCUT2D eigenvalue weighted by molar-refractivity contribution is 9.10. The molecule has 4 heteroatoms. The first-order chi connectivity index (χ1) is 10.5. The lowest BCUT2D eigenvalue weighted by atomic mass is 10.1. The van der Waals surface area contributed by atoms with Crippen LogP contribution in [0.25, 0.3) is 0 Å². The van der Waals surface area contributed by atoms with Gasteiger partial charge in [-0.25, -0.2) is 4.79 Å². The molecular weight excluding hydrogens is 344 g/mol. The van der Waals surface area contributed by atoms with Gasteiger partial charge in [0.2, 0.25) is 0 Å². The third-order valence-corrected chi connectivity index (χ3v) is 3.64. The Hall–Kier alpha value is -1.81. The van der Waals surface area contributed by atoms with Crippen molar-refractivity contribution in [3.8, 4) is 11.5 Å². The van der Waals surface area contributed by atoms with Crippen molar-refractivity contribution < 1.29 is 14.3 Å². The fourth-order valence-electron chi connectivity index (χ4n) is 2.12. The van der Waals surface area contributed by atoms with E-state index in [2.05, 4.69) is 22.9 Å². The van der Waals surface area contributed by atoms with E-state index in [1.54, 1.807) is 24.3 Å². The molecule has 0 saturated carbocycles. The molecule has 0 atom stereocenters. The Morgan fingerprint density at radius 3 is 2.23 bits per heavy atom. The molecule has 0 aliphatic rings. The van der Waals surface area contributed by atoms with Gasteiger partial charge in [-0.05, 0) is 67.8 Å². The molecule has 2 aromatic rings. The van der Waals surface area contributed by atoms with Crippen molar-refractivity contribution in [1.29, 1.82) is 0 Å². The Balaban J connectivity index is 2.12. The molecule has 2 aromatic carbocycles. The first-order valence-electron chi connectivity index (χ1n) is 7.23. The Labute approximate surface area is 139 Å². The summed E-state index contributed by atoms with van der Waals surface area (Å²) in [5.74, 6) is 1.00. The largest absolute Gasteiger partial charge is 0.494 e. The molecule has 0 bridgehead atoms. The van der Waals surface area contributed by atoms with Crippen LogP contribution in [-0.4, -0.2) is 12.6 Å². The van der Waals surface area contributed by atoms with E-state index in [-0.39, 0.29) is 5.97 Å². The van der Waals surface area contributed by atoms with E-state index in [0.717, 1.165) is 27.8 Å². The standard InChI is InChI=1S/C18H19BrO3/c1-4-9-21-16-7-5-14(6-8-16)18(20)22-17-12(2)10-15(19)11-13(17)3/h5-8,10-11H,4,9H2,1-3H3. The minimum Gasteiger partial charge on any atom is -0.494 e. The van der Waals surface area contributed by atoms with E-state index >= 15 is 0 Å². The van der Waals surface area contributed by atoms with Gasteiger partial charge >= 0.3 is 5.97 Å². The average molecular weight is 363 g/mol. The zero-order valence-corrected chi connectivity index (χ0v) is 14.6. The summed E-state index contributed by atoms with van der Waals surface area (Å²) in [5, 5.41) is 0. The minimum atomic E-state index is -0.365. The molecule has 0 amide bonds. The number of halogens is 1. The van der Waals surface area contributed by atoms with Crippen molar-refractivity contribution in [1.82, 2.24) is 0 Å². The molecule has 0 radical (unpaired) electrons. The maximum Gasteiger partial charge on any atom is 0.343 e. The van der Waals surface area contributed by atoms with Gasteiger partial charge in [-0.3, -0.25) is 0 Å². The van der Waals surface area contributed by atoms with Crippen LogP contribution in [0.3, 0.4) is 0 Å². The van der Waals surface area contributed by atoms with Crippen molar-refractivity contribution in [2.75, 3.05) is 6.61 Å². The van der Waals surface area contributed by atoms with Crippen molar-refractivity contribution >= 4 is 21.9 Å². The van der Waals surface area contributed by atoms with E-state index in [1.165, 1.54) is 0 Å². The fourth-order valence-corrected chi connectivity index (χ4v) is 2.80. The van der Waals surface area contributed by atoms with Gasteiger partial charge in [-0.15, -0.1) is 0 Å². The van der Waals surface area contributed by atoms with E-state index < -0.39 is 0 Å². The van der Waals surface area contributed by atoms with Crippen molar-refractivity contribution in [2.45, 2.75) is 27.2 Å². The molecule has 0 aliphatic heterocycles. The first-order valence-corrected chi connectivity index (χ1v) is 8.02. The zero-order valence-electron chi connectivity index (χ0n) is 13.0. The molecule has 3 nitrogen and oxygen atoms in total. The Morgan fingerprint density at radius 1 is 1.09 bits per heavy atom. The van der Waals surface area contributed by atoms with Crippen LogP contribution in [0.1, 0.15) is 34.8 Å². The minimum absolute atomic E-state index is 0.365. The van der Waals surface area contributed by atoms with E-state index in [1.807, 2.05) is 26.0 Å². The Kier molecular flexibility index (Phi) is 5.61. The summed E-state index contributed by atoms with van der Waals surface area (Å²) in [6.07, 6.45) is 0.950. The van der Waals surface area contributed by atoms with Gasteiger partial charge in [0.1, 0.15) is 11.5 Å². The maximum atomic E-state index is 12.3. The summed E-state index contributed by atoms with van der Waals surface area (Å²) < 4.78 is 12.0. The molecule has 0 aromatic heterocycles. The molecule has 0 aliphatic carbocycles. The Morgan fingerprint density at radius 2 is 1.68 bits per heavy atom. The summed E-state index contributed by atoms with van der Waals surface area (Å²) in [7, 11) is 0. The van der Waals surface area contributed by atoms with Crippen LogP contribution in [0.4, 0.5) is 0 Å². The van der Waals surface area contributed by atoms with Gasteiger partial charge < -0.3 is 9.47 Å². The highest BCUT2D eigenvalue weighted by atomic mass is 79.9. The van der Waals surface area contributed by atoms with E-state index in [4.69, 9.17) is 9.47 Å². The van der Waals surface area contributed by atoms with Gasteiger partial charge in [-0.1, -0.05) is 22.9 Å². The molecule has 2 rings (SSSR count). The van der Waals surface area contributed by atoms with Crippen molar-refractivity contribution in [2.24, 2.45) is 0 Å². The highest BCUT2D eigenvalue weighted by Gasteiger charge is 2.13. The second-order valence-electron chi connectivity index (χ2n) is 5.13. The average Bonchev–Trinajstić information content (AvgIpc) is 2.49. The zero-order chi connectivity index (χ0) is 16.1. The Bertz CT molecular complexity index is 640. The lowest BCUT2D eigenvalue weighted by Crippen LogP contribution is -2.10. The SMILES string of the molecule is CCCOc1ccc(C(=O)Oc2c(C)cc(Br)cc2C)cc1. The summed E-state index contributed by atoms with van der Waals surface area (Å²) in [5.41, 5.74) is 2.34. The van der Waals surface area contributed by atoms with Crippen LogP contribution in [0.5, 0.6) is 11.5 Å². The molecule has 116 valence electrons. The number of carbonyl (C=O) groups excluding carboxylic acids is 1. The highest BCUT2D eigenvalue weighted by Crippen LogP contribution is 2.28. The second-order valence-corrected chi connectivity index (χ2v) is 6.05. The normalized spacial score (nSPS) is 10.4. The molecule has 0 heterocycles. The molecule has 0 saturated heterocycles. The molecule has 0 spiro atoms. The first kappa shape index (κ1) is 16.6. The predicted octanol–water partition coefficient (Wildman–Crippen LogP) is 5.07. The predicted molar refractivity (Wildman–Crippen MR) is 90.8 cm³/mol. The number of carbonyl (C=O) groups is 1. The number of aryl methyl sites for hydroxylation is 2. The number of benzene rings is 2. The van der Waals surface area contributed by atoms with E-state index in [9.17, 15) is 4.79 Å². The lowest BCUT2D eigenvalue weighted by Gasteiger charge is -2.11. The second kappa shape index (κ2) is 7.45. The molecule has 0 unspecified atom stereocenters. The van der Waals surface area contributed by atoms with Crippen LogP contribution in [0.2, 0.25) is 0 Å². The molecule has 0 fully saturated rings. The maximum absolute atomic E-state index is 12.3. The van der Waals surface area contributed by atoms with Gasteiger partial charge in [-0.2, -0.15) is 0 Å². The summed E-state index contributed by atoms with van der Waals surface area (Å²) >= 11 is 3.43. The summed E-state index contributed by atoms with van der Waals surface area (Å²) in [6.45, 7) is 6.56. The van der Waals surface area contributed by atoms with Gasteiger partial charge in [0.25, 0.3) is 0 Å². The lowest BCUT2D eigenvalue weighted by molar-refractivity contribution is 0.0732. The van der Waals surface area contributed by atoms with Gasteiger partial charge in [0.05, 0.1) is 12.2 Å². The van der Waals surface area contributed by atoms with Gasteiger partial charge in [0, 0.05) is 4.47 Å². The summed E-state index contributed by atoms with van der Waals surface area (Å²) in [6, 6.07) is 10.9. The smallest absolute Gasteiger partial charge is 0.343 e. The third kappa shape index (κ3) is 4.10.